The van der Waals surface area contributed by atoms with Crippen molar-refractivity contribution < 1.29 is 29.3 Å². The SMILES string of the molecule is CCCOc1ccc(C(O)=C2C(=O)C(=O)N(c3nc4c(C)cc(C)cc4s3)C2c2ccc(O)c(OCC)c2)cc1. The minimum atomic E-state index is -1.00. The van der Waals surface area contributed by atoms with E-state index in [-0.39, 0.29) is 22.8 Å². The summed E-state index contributed by atoms with van der Waals surface area (Å²) >= 11 is 1.30. The molecule has 1 aliphatic heterocycles. The zero-order chi connectivity index (χ0) is 28.6. The maximum absolute atomic E-state index is 13.6. The molecule has 2 N–H and O–H groups in total. The number of amides is 1. The normalized spacial score (nSPS) is 16.6. The third-order valence-corrected chi connectivity index (χ3v) is 7.67. The molecular formula is C31H30N2O6S. The summed E-state index contributed by atoms with van der Waals surface area (Å²) < 4.78 is 12.1. The highest BCUT2D eigenvalue weighted by atomic mass is 32.1. The number of Topliss-reactive ketones (excluding diaryl/α,β-unsaturated/α-hetero) is 1. The van der Waals surface area contributed by atoms with Crippen LogP contribution in [0, 0.1) is 13.8 Å². The van der Waals surface area contributed by atoms with Crippen LogP contribution >= 0.6 is 11.3 Å². The van der Waals surface area contributed by atoms with Gasteiger partial charge in [-0.15, -0.1) is 0 Å². The number of ether oxygens (including phenoxy) is 2. The summed E-state index contributed by atoms with van der Waals surface area (Å²) in [5, 5.41) is 22.1. The van der Waals surface area contributed by atoms with Crippen LogP contribution in [0.2, 0.25) is 0 Å². The highest BCUT2D eigenvalue weighted by Crippen LogP contribution is 2.46. The van der Waals surface area contributed by atoms with Crippen molar-refractivity contribution in [1.29, 1.82) is 0 Å². The molecule has 0 saturated carbocycles. The Kier molecular flexibility index (Phi) is 7.49. The van der Waals surface area contributed by atoms with Crippen LogP contribution in [0.15, 0.2) is 60.2 Å². The lowest BCUT2D eigenvalue weighted by atomic mass is 9.95. The molecule has 1 fully saturated rings. The van der Waals surface area contributed by atoms with E-state index in [1.54, 1.807) is 43.3 Å². The number of aliphatic hydroxyl groups is 1. The fourth-order valence-electron chi connectivity index (χ4n) is 4.86. The van der Waals surface area contributed by atoms with Gasteiger partial charge in [-0.1, -0.05) is 30.4 Å². The van der Waals surface area contributed by atoms with Crippen molar-refractivity contribution in [1.82, 2.24) is 4.98 Å². The van der Waals surface area contributed by atoms with Crippen molar-refractivity contribution >= 4 is 44.1 Å². The highest BCUT2D eigenvalue weighted by molar-refractivity contribution is 7.22. The molecule has 0 spiro atoms. The topological polar surface area (TPSA) is 109 Å². The fourth-order valence-corrected chi connectivity index (χ4v) is 6.03. The largest absolute Gasteiger partial charge is 0.507 e. The number of thiazole rings is 1. The number of aliphatic hydroxyl groups excluding tert-OH is 1. The quantitative estimate of drug-likeness (QED) is 0.146. The maximum atomic E-state index is 13.6. The van der Waals surface area contributed by atoms with Crippen LogP contribution in [0.25, 0.3) is 16.0 Å². The summed E-state index contributed by atoms with van der Waals surface area (Å²) in [6.07, 6.45) is 0.854. The molecule has 1 saturated heterocycles. The molecule has 206 valence electrons. The van der Waals surface area contributed by atoms with E-state index >= 15 is 0 Å². The predicted molar refractivity (Wildman–Crippen MR) is 155 cm³/mol. The number of phenolic OH excluding ortho intramolecular Hbond substituents is 1. The summed E-state index contributed by atoms with van der Waals surface area (Å²) in [4.78, 5) is 33.3. The van der Waals surface area contributed by atoms with Crippen LogP contribution in [0.1, 0.15) is 48.6 Å². The zero-order valence-electron chi connectivity index (χ0n) is 22.7. The average Bonchev–Trinajstić information content (AvgIpc) is 3.47. The van der Waals surface area contributed by atoms with E-state index in [4.69, 9.17) is 14.5 Å². The van der Waals surface area contributed by atoms with Crippen molar-refractivity contribution in [2.45, 2.75) is 40.2 Å². The molecule has 1 amide bonds. The van der Waals surface area contributed by atoms with E-state index in [2.05, 4.69) is 0 Å². The number of hydrogen-bond acceptors (Lipinski definition) is 8. The summed E-state index contributed by atoms with van der Waals surface area (Å²) in [5.74, 6) is -1.17. The minimum absolute atomic E-state index is 0.0729. The number of anilines is 1. The second-order valence-electron chi connectivity index (χ2n) is 9.63. The van der Waals surface area contributed by atoms with Gasteiger partial charge >= 0.3 is 5.91 Å². The molecular weight excluding hydrogens is 528 g/mol. The number of aromatic nitrogens is 1. The van der Waals surface area contributed by atoms with Gasteiger partial charge < -0.3 is 19.7 Å². The van der Waals surface area contributed by atoms with Gasteiger partial charge in [0.2, 0.25) is 0 Å². The number of phenols is 1. The Morgan fingerprint density at radius 1 is 1.02 bits per heavy atom. The molecule has 4 aromatic rings. The first-order valence-corrected chi connectivity index (χ1v) is 13.9. The number of aromatic hydroxyl groups is 1. The maximum Gasteiger partial charge on any atom is 0.301 e. The van der Waals surface area contributed by atoms with Gasteiger partial charge in [-0.2, -0.15) is 0 Å². The van der Waals surface area contributed by atoms with E-state index in [9.17, 15) is 19.8 Å². The number of carbonyl (C=O) groups is 2. The van der Waals surface area contributed by atoms with E-state index in [1.807, 2.05) is 32.9 Å². The third-order valence-electron chi connectivity index (χ3n) is 6.67. The number of fused-ring (bicyclic) bond motifs is 1. The summed E-state index contributed by atoms with van der Waals surface area (Å²) in [6.45, 7) is 8.60. The molecule has 5 rings (SSSR count). The van der Waals surface area contributed by atoms with Crippen LogP contribution in [0.4, 0.5) is 5.13 Å². The molecule has 0 radical (unpaired) electrons. The van der Waals surface area contributed by atoms with Gasteiger partial charge in [-0.05, 0) is 86.3 Å². The van der Waals surface area contributed by atoms with Crippen LogP contribution in [0.3, 0.4) is 0 Å². The lowest BCUT2D eigenvalue weighted by Crippen LogP contribution is -2.29. The van der Waals surface area contributed by atoms with Crippen molar-refractivity contribution in [2.75, 3.05) is 18.1 Å². The minimum Gasteiger partial charge on any atom is -0.507 e. The van der Waals surface area contributed by atoms with E-state index in [0.29, 0.717) is 35.2 Å². The van der Waals surface area contributed by atoms with Crippen LogP contribution < -0.4 is 14.4 Å². The van der Waals surface area contributed by atoms with Crippen LogP contribution in [-0.2, 0) is 9.59 Å². The molecule has 40 heavy (non-hydrogen) atoms. The van der Waals surface area contributed by atoms with Gasteiger partial charge in [0.05, 0.1) is 35.0 Å². The first-order chi connectivity index (χ1) is 19.2. The average molecular weight is 559 g/mol. The Morgan fingerprint density at radius 3 is 2.48 bits per heavy atom. The molecule has 1 unspecified atom stereocenters. The number of hydrogen-bond donors (Lipinski definition) is 2. The molecule has 0 aliphatic carbocycles. The first kappa shape index (κ1) is 27.2. The Labute approximate surface area is 236 Å². The van der Waals surface area contributed by atoms with Gasteiger partial charge in [0.15, 0.2) is 16.6 Å². The molecule has 0 bridgehead atoms. The summed E-state index contributed by atoms with van der Waals surface area (Å²) in [7, 11) is 0. The first-order valence-electron chi connectivity index (χ1n) is 13.1. The van der Waals surface area contributed by atoms with E-state index in [1.165, 1.54) is 22.3 Å². The van der Waals surface area contributed by atoms with Crippen molar-refractivity contribution in [3.8, 4) is 17.2 Å². The Morgan fingerprint density at radius 2 is 1.77 bits per heavy atom. The van der Waals surface area contributed by atoms with Gasteiger partial charge in [0.1, 0.15) is 11.5 Å². The monoisotopic (exact) mass is 558 g/mol. The molecule has 9 heteroatoms. The molecule has 1 aromatic heterocycles. The molecule has 3 aromatic carbocycles. The molecule has 8 nitrogen and oxygen atoms in total. The van der Waals surface area contributed by atoms with Crippen molar-refractivity contribution in [3.63, 3.8) is 0 Å². The van der Waals surface area contributed by atoms with Crippen molar-refractivity contribution in [2.24, 2.45) is 0 Å². The number of ketones is 1. The molecule has 2 heterocycles. The zero-order valence-corrected chi connectivity index (χ0v) is 23.5. The highest BCUT2D eigenvalue weighted by Gasteiger charge is 2.48. The van der Waals surface area contributed by atoms with E-state index in [0.717, 1.165) is 27.8 Å². The third kappa shape index (κ3) is 4.88. The smallest absolute Gasteiger partial charge is 0.301 e. The van der Waals surface area contributed by atoms with Crippen LogP contribution in [0.5, 0.6) is 17.2 Å². The van der Waals surface area contributed by atoms with Crippen molar-refractivity contribution in [3.05, 3.63) is 82.4 Å². The van der Waals surface area contributed by atoms with E-state index < -0.39 is 17.7 Å². The Balaban J connectivity index is 1.69. The van der Waals surface area contributed by atoms with Gasteiger partial charge in [-0.3, -0.25) is 14.5 Å². The summed E-state index contributed by atoms with van der Waals surface area (Å²) in [6, 6.07) is 14.4. The number of aryl methyl sites for hydroxylation is 2. The molecule has 1 aliphatic rings. The predicted octanol–water partition coefficient (Wildman–Crippen LogP) is 6.43. The van der Waals surface area contributed by atoms with Crippen LogP contribution in [-0.4, -0.2) is 40.1 Å². The number of nitrogens with zero attached hydrogens (tertiary/aromatic N) is 2. The lowest BCUT2D eigenvalue weighted by Gasteiger charge is -2.23. The summed E-state index contributed by atoms with van der Waals surface area (Å²) in [5.41, 5.74) is 3.54. The van der Waals surface area contributed by atoms with Gasteiger partial charge in [0.25, 0.3) is 5.78 Å². The molecule has 1 atom stereocenters. The Bertz CT molecular complexity index is 1640. The standard InChI is InChI=1S/C31H30N2O6S/c1-5-13-39-21-10-7-19(8-11-21)28(35)25-27(20-9-12-22(34)23(16-20)38-6-2)33(30(37)29(25)36)31-32-26-18(4)14-17(3)15-24(26)40-31/h7-12,14-16,27,34-35H,5-6,13H2,1-4H3. The second-order valence-corrected chi connectivity index (χ2v) is 10.6. The van der Waals surface area contributed by atoms with Gasteiger partial charge in [0, 0.05) is 5.56 Å². The second kappa shape index (κ2) is 11.0. The number of benzene rings is 3. The number of rotatable bonds is 8. The lowest BCUT2D eigenvalue weighted by molar-refractivity contribution is -0.132. The Hall–Kier alpha value is -4.37. The number of carbonyl (C=O) groups excluding carboxylic acids is 2. The van der Waals surface area contributed by atoms with Gasteiger partial charge in [-0.25, -0.2) is 4.98 Å². The fraction of sp³-hybridized carbons (Fsp3) is 0.258.